The molecule has 1 aromatic rings. The second-order valence-electron chi connectivity index (χ2n) is 7.41. The lowest BCUT2D eigenvalue weighted by atomic mass is 9.91. The third-order valence-electron chi connectivity index (χ3n) is 5.81. The number of aromatic nitrogens is 2. The monoisotopic (exact) mass is 361 g/mol. The molecule has 3 aliphatic rings. The standard InChI is InChI=1S/C18H27N5O3/c24-16-8-7-15(19-20-16)23-9-2-1-6-17(23)26-18(25)22-12-10-21(11-13-22)14-4-3-5-14/h7-8,14,17H,1-6,9-13H2,(H,20,24). The summed E-state index contributed by atoms with van der Waals surface area (Å²) in [6.45, 7) is 4.12. The Hall–Kier alpha value is -2.09. The molecule has 3 heterocycles. The fourth-order valence-electron chi connectivity index (χ4n) is 4.00. The van der Waals surface area contributed by atoms with Crippen molar-refractivity contribution in [3.63, 3.8) is 0 Å². The van der Waals surface area contributed by atoms with Crippen LogP contribution in [0, 0.1) is 0 Å². The first-order valence-electron chi connectivity index (χ1n) is 9.73. The Labute approximate surface area is 153 Å². The van der Waals surface area contributed by atoms with E-state index in [1.54, 1.807) is 6.07 Å². The maximum atomic E-state index is 12.6. The molecule has 1 N–H and O–H groups in total. The van der Waals surface area contributed by atoms with E-state index in [1.807, 2.05) is 9.80 Å². The predicted molar refractivity (Wildman–Crippen MR) is 97.1 cm³/mol. The number of anilines is 1. The van der Waals surface area contributed by atoms with Gasteiger partial charge in [-0.1, -0.05) is 6.42 Å². The molecule has 2 saturated heterocycles. The van der Waals surface area contributed by atoms with Crippen LogP contribution in [0.5, 0.6) is 0 Å². The first-order chi connectivity index (χ1) is 12.7. The van der Waals surface area contributed by atoms with E-state index in [0.29, 0.717) is 5.82 Å². The molecule has 1 aromatic heterocycles. The van der Waals surface area contributed by atoms with Gasteiger partial charge >= 0.3 is 6.09 Å². The molecule has 1 atom stereocenters. The zero-order chi connectivity index (χ0) is 17.9. The molecular formula is C18H27N5O3. The number of amides is 1. The van der Waals surface area contributed by atoms with Gasteiger partial charge in [0.05, 0.1) is 0 Å². The zero-order valence-corrected chi connectivity index (χ0v) is 15.1. The minimum absolute atomic E-state index is 0.233. The van der Waals surface area contributed by atoms with Crippen molar-refractivity contribution in [2.45, 2.75) is 50.8 Å². The van der Waals surface area contributed by atoms with Crippen molar-refractivity contribution >= 4 is 11.9 Å². The van der Waals surface area contributed by atoms with Crippen molar-refractivity contribution in [1.29, 1.82) is 0 Å². The van der Waals surface area contributed by atoms with Crippen LogP contribution < -0.4 is 10.5 Å². The topological polar surface area (TPSA) is 81.8 Å². The highest BCUT2D eigenvalue weighted by molar-refractivity contribution is 5.68. The summed E-state index contributed by atoms with van der Waals surface area (Å²) in [7, 11) is 0. The Kier molecular flexibility index (Phi) is 5.10. The SMILES string of the molecule is O=C(OC1CCCCN1c1ccc(=O)[nH]n1)N1CCN(C2CCC2)CC1. The van der Waals surface area contributed by atoms with Crippen LogP contribution >= 0.6 is 0 Å². The van der Waals surface area contributed by atoms with Crippen molar-refractivity contribution in [2.24, 2.45) is 0 Å². The lowest BCUT2D eigenvalue weighted by Crippen LogP contribution is -2.54. The molecule has 0 spiro atoms. The summed E-state index contributed by atoms with van der Waals surface area (Å²) < 4.78 is 5.83. The number of ether oxygens (including phenoxy) is 1. The number of hydrogen-bond acceptors (Lipinski definition) is 6. The summed E-state index contributed by atoms with van der Waals surface area (Å²) in [6.07, 6.45) is 6.21. The van der Waals surface area contributed by atoms with Crippen molar-refractivity contribution in [2.75, 3.05) is 37.6 Å². The van der Waals surface area contributed by atoms with Crippen LogP contribution in [0.2, 0.25) is 0 Å². The molecule has 2 aliphatic heterocycles. The molecule has 0 radical (unpaired) electrons. The number of rotatable bonds is 3. The molecule has 0 bridgehead atoms. The van der Waals surface area contributed by atoms with Crippen molar-refractivity contribution < 1.29 is 9.53 Å². The van der Waals surface area contributed by atoms with E-state index in [1.165, 1.54) is 25.3 Å². The van der Waals surface area contributed by atoms with Crippen LogP contribution in [-0.4, -0.2) is 71.1 Å². The van der Waals surface area contributed by atoms with Gasteiger partial charge in [0, 0.05) is 51.3 Å². The average molecular weight is 361 g/mol. The fraction of sp³-hybridized carbons (Fsp3) is 0.722. The molecule has 142 valence electrons. The van der Waals surface area contributed by atoms with E-state index < -0.39 is 0 Å². The summed E-state index contributed by atoms with van der Waals surface area (Å²) in [5, 5.41) is 6.55. The number of carbonyl (C=O) groups is 1. The van der Waals surface area contributed by atoms with Gasteiger partial charge in [-0.3, -0.25) is 9.69 Å². The lowest BCUT2D eigenvalue weighted by Gasteiger charge is -2.43. The van der Waals surface area contributed by atoms with Crippen LogP contribution in [0.3, 0.4) is 0 Å². The third-order valence-corrected chi connectivity index (χ3v) is 5.81. The third kappa shape index (κ3) is 3.70. The Balaban J connectivity index is 1.34. The molecule has 1 saturated carbocycles. The maximum Gasteiger partial charge on any atom is 0.411 e. The van der Waals surface area contributed by atoms with Crippen LogP contribution in [0.1, 0.15) is 38.5 Å². The van der Waals surface area contributed by atoms with Gasteiger partial charge in [-0.25, -0.2) is 9.89 Å². The minimum Gasteiger partial charge on any atom is -0.425 e. The maximum absolute atomic E-state index is 12.6. The molecule has 4 rings (SSSR count). The van der Waals surface area contributed by atoms with Gasteiger partial charge in [-0.05, 0) is 31.7 Å². The van der Waals surface area contributed by atoms with Crippen molar-refractivity contribution in [3.8, 4) is 0 Å². The van der Waals surface area contributed by atoms with Gasteiger partial charge < -0.3 is 14.5 Å². The highest BCUT2D eigenvalue weighted by Gasteiger charge is 2.32. The molecule has 8 heteroatoms. The van der Waals surface area contributed by atoms with E-state index >= 15 is 0 Å². The summed E-state index contributed by atoms with van der Waals surface area (Å²) in [6, 6.07) is 3.87. The van der Waals surface area contributed by atoms with E-state index in [9.17, 15) is 9.59 Å². The predicted octanol–water partition coefficient (Wildman–Crippen LogP) is 1.39. The van der Waals surface area contributed by atoms with Gasteiger partial charge in [0.25, 0.3) is 5.56 Å². The average Bonchev–Trinajstić information content (AvgIpc) is 2.62. The quantitative estimate of drug-likeness (QED) is 0.876. The van der Waals surface area contributed by atoms with E-state index in [-0.39, 0.29) is 17.9 Å². The summed E-state index contributed by atoms with van der Waals surface area (Å²) >= 11 is 0. The van der Waals surface area contributed by atoms with Gasteiger partial charge in [0.15, 0.2) is 12.0 Å². The highest BCUT2D eigenvalue weighted by atomic mass is 16.6. The molecule has 1 aliphatic carbocycles. The molecule has 8 nitrogen and oxygen atoms in total. The van der Waals surface area contributed by atoms with Crippen molar-refractivity contribution in [1.82, 2.24) is 20.0 Å². The second kappa shape index (κ2) is 7.65. The Morgan fingerprint density at radius 1 is 1.04 bits per heavy atom. The van der Waals surface area contributed by atoms with Crippen molar-refractivity contribution in [3.05, 3.63) is 22.5 Å². The number of aromatic amines is 1. The molecule has 1 unspecified atom stereocenters. The van der Waals surface area contributed by atoms with E-state index in [4.69, 9.17) is 4.74 Å². The summed E-state index contributed by atoms with van der Waals surface area (Å²) in [4.78, 5) is 30.2. The van der Waals surface area contributed by atoms with Gasteiger partial charge in [-0.2, -0.15) is 5.10 Å². The van der Waals surface area contributed by atoms with Crippen LogP contribution in [0.15, 0.2) is 16.9 Å². The number of hydrogen-bond donors (Lipinski definition) is 1. The Morgan fingerprint density at radius 2 is 1.85 bits per heavy atom. The first-order valence-corrected chi connectivity index (χ1v) is 9.73. The molecular weight excluding hydrogens is 334 g/mol. The number of nitrogens with zero attached hydrogens (tertiary/aromatic N) is 4. The minimum atomic E-state index is -0.320. The molecule has 26 heavy (non-hydrogen) atoms. The molecule has 1 amide bonds. The Morgan fingerprint density at radius 3 is 2.50 bits per heavy atom. The Bertz CT molecular complexity index is 661. The summed E-state index contributed by atoms with van der Waals surface area (Å²) in [5.41, 5.74) is -0.233. The van der Waals surface area contributed by atoms with Gasteiger partial charge in [0.2, 0.25) is 0 Å². The normalized spacial score (nSPS) is 25.0. The lowest BCUT2D eigenvalue weighted by molar-refractivity contribution is 0.0219. The van der Waals surface area contributed by atoms with Crippen LogP contribution in [0.4, 0.5) is 10.6 Å². The highest BCUT2D eigenvalue weighted by Crippen LogP contribution is 2.26. The zero-order valence-electron chi connectivity index (χ0n) is 15.1. The van der Waals surface area contributed by atoms with Gasteiger partial charge in [-0.15, -0.1) is 0 Å². The number of carbonyl (C=O) groups excluding carboxylic acids is 1. The number of piperazine rings is 1. The first kappa shape index (κ1) is 17.3. The molecule has 0 aromatic carbocycles. The smallest absolute Gasteiger partial charge is 0.411 e. The van der Waals surface area contributed by atoms with E-state index in [2.05, 4.69) is 15.1 Å². The van der Waals surface area contributed by atoms with Gasteiger partial charge in [0.1, 0.15) is 0 Å². The molecule has 3 fully saturated rings. The van der Waals surface area contributed by atoms with E-state index in [0.717, 1.165) is 58.0 Å². The second-order valence-corrected chi connectivity index (χ2v) is 7.41. The largest absolute Gasteiger partial charge is 0.425 e. The number of nitrogens with one attached hydrogen (secondary N) is 1. The number of piperidine rings is 1. The fourth-order valence-corrected chi connectivity index (χ4v) is 4.00. The summed E-state index contributed by atoms with van der Waals surface area (Å²) in [5.74, 6) is 0.650. The van der Waals surface area contributed by atoms with Crippen LogP contribution in [0.25, 0.3) is 0 Å². The van der Waals surface area contributed by atoms with Crippen LogP contribution in [-0.2, 0) is 4.74 Å². The number of H-pyrrole nitrogens is 1.